The van der Waals surface area contributed by atoms with Gasteiger partial charge in [0.15, 0.2) is 9.84 Å². The SMILES string of the molecule is COc1ccc(Cl)cc1CS(=O)(=O)c1ccc(N)c(Cl)c1. The molecule has 2 rings (SSSR count). The second-order valence-electron chi connectivity index (χ2n) is 4.40. The summed E-state index contributed by atoms with van der Waals surface area (Å²) in [7, 11) is -2.11. The molecule has 0 saturated heterocycles. The molecular weight excluding hydrogens is 333 g/mol. The molecule has 0 bridgehead atoms. The van der Waals surface area contributed by atoms with Gasteiger partial charge in [-0.3, -0.25) is 0 Å². The molecule has 0 amide bonds. The molecule has 0 aliphatic carbocycles. The Labute approximate surface area is 133 Å². The summed E-state index contributed by atoms with van der Waals surface area (Å²) < 4.78 is 30.0. The molecule has 2 aromatic carbocycles. The Morgan fingerprint density at radius 2 is 1.86 bits per heavy atom. The van der Waals surface area contributed by atoms with Crippen LogP contribution >= 0.6 is 23.2 Å². The number of methoxy groups -OCH3 is 1. The minimum Gasteiger partial charge on any atom is -0.496 e. The second-order valence-corrected chi connectivity index (χ2v) is 7.23. The minimum absolute atomic E-state index is 0.101. The Morgan fingerprint density at radius 3 is 2.48 bits per heavy atom. The molecule has 2 aromatic rings. The van der Waals surface area contributed by atoms with E-state index in [4.69, 9.17) is 33.7 Å². The molecule has 0 unspecified atom stereocenters. The molecule has 21 heavy (non-hydrogen) atoms. The summed E-state index contributed by atoms with van der Waals surface area (Å²) in [5, 5.41) is 0.644. The summed E-state index contributed by atoms with van der Waals surface area (Å²) in [6, 6.07) is 9.05. The highest BCUT2D eigenvalue weighted by atomic mass is 35.5. The van der Waals surface area contributed by atoms with Crippen molar-refractivity contribution in [2.75, 3.05) is 12.8 Å². The van der Waals surface area contributed by atoms with E-state index in [0.717, 1.165) is 0 Å². The van der Waals surface area contributed by atoms with Crippen LogP contribution in [0.2, 0.25) is 10.0 Å². The average molecular weight is 346 g/mol. The van der Waals surface area contributed by atoms with Crippen LogP contribution in [0.1, 0.15) is 5.56 Å². The van der Waals surface area contributed by atoms with E-state index in [2.05, 4.69) is 0 Å². The van der Waals surface area contributed by atoms with Crippen molar-refractivity contribution in [1.82, 2.24) is 0 Å². The number of rotatable bonds is 4. The fraction of sp³-hybridized carbons (Fsp3) is 0.143. The van der Waals surface area contributed by atoms with E-state index in [9.17, 15) is 8.42 Å². The lowest BCUT2D eigenvalue weighted by Crippen LogP contribution is -2.06. The van der Waals surface area contributed by atoms with Crippen LogP contribution in [0.25, 0.3) is 0 Å². The summed E-state index contributed by atoms with van der Waals surface area (Å²) >= 11 is 11.8. The number of ether oxygens (including phenoxy) is 1. The van der Waals surface area contributed by atoms with Crippen molar-refractivity contribution in [2.24, 2.45) is 0 Å². The molecule has 0 saturated carbocycles. The Kier molecular flexibility index (Phi) is 4.66. The Hall–Kier alpha value is -1.43. The van der Waals surface area contributed by atoms with Gasteiger partial charge in [-0.05, 0) is 36.4 Å². The van der Waals surface area contributed by atoms with E-state index in [1.807, 2.05) is 0 Å². The molecule has 112 valence electrons. The van der Waals surface area contributed by atoms with E-state index in [1.54, 1.807) is 18.2 Å². The van der Waals surface area contributed by atoms with Crippen LogP contribution in [0.4, 0.5) is 5.69 Å². The Balaban J connectivity index is 2.41. The first-order valence-corrected chi connectivity index (χ1v) is 8.34. The largest absolute Gasteiger partial charge is 0.496 e. The topological polar surface area (TPSA) is 69.4 Å². The van der Waals surface area contributed by atoms with Crippen molar-refractivity contribution >= 4 is 38.7 Å². The van der Waals surface area contributed by atoms with Crippen molar-refractivity contribution < 1.29 is 13.2 Å². The number of hydrogen-bond donors (Lipinski definition) is 1. The van der Waals surface area contributed by atoms with Gasteiger partial charge in [0.05, 0.1) is 28.5 Å². The molecule has 7 heteroatoms. The molecular formula is C14H13Cl2NO3S. The molecule has 4 nitrogen and oxygen atoms in total. The van der Waals surface area contributed by atoms with Crippen LogP contribution in [0.3, 0.4) is 0 Å². The quantitative estimate of drug-likeness (QED) is 0.860. The zero-order valence-corrected chi connectivity index (χ0v) is 13.5. The van der Waals surface area contributed by atoms with Gasteiger partial charge >= 0.3 is 0 Å². The number of benzene rings is 2. The molecule has 0 aliphatic heterocycles. The van der Waals surface area contributed by atoms with Gasteiger partial charge in [0.2, 0.25) is 0 Å². The predicted octanol–water partition coefficient (Wildman–Crippen LogP) is 3.56. The van der Waals surface area contributed by atoms with Gasteiger partial charge in [-0.1, -0.05) is 23.2 Å². The van der Waals surface area contributed by atoms with Gasteiger partial charge in [0, 0.05) is 10.6 Å². The Morgan fingerprint density at radius 1 is 1.14 bits per heavy atom. The van der Waals surface area contributed by atoms with Crippen LogP contribution < -0.4 is 10.5 Å². The van der Waals surface area contributed by atoms with Crippen LogP contribution in [-0.4, -0.2) is 15.5 Å². The normalized spacial score (nSPS) is 11.4. The molecule has 0 aliphatic rings. The highest BCUT2D eigenvalue weighted by Crippen LogP contribution is 2.29. The van der Waals surface area contributed by atoms with Crippen molar-refractivity contribution in [1.29, 1.82) is 0 Å². The van der Waals surface area contributed by atoms with Crippen molar-refractivity contribution in [3.05, 3.63) is 52.0 Å². The van der Waals surface area contributed by atoms with Gasteiger partial charge in [0.25, 0.3) is 0 Å². The van der Waals surface area contributed by atoms with Gasteiger partial charge in [-0.2, -0.15) is 0 Å². The number of hydrogen-bond acceptors (Lipinski definition) is 4. The summed E-state index contributed by atoms with van der Waals surface area (Å²) in [6.07, 6.45) is 0. The van der Waals surface area contributed by atoms with Gasteiger partial charge < -0.3 is 10.5 Å². The first kappa shape index (κ1) is 15.9. The molecule has 0 heterocycles. The number of halogens is 2. The number of nitrogens with two attached hydrogens (primary N) is 1. The summed E-state index contributed by atoms with van der Waals surface area (Å²) in [5.74, 6) is 0.223. The summed E-state index contributed by atoms with van der Waals surface area (Å²) in [4.78, 5) is 0.101. The third-order valence-corrected chi connectivity index (χ3v) is 5.14. The molecule has 0 aromatic heterocycles. The van der Waals surface area contributed by atoms with E-state index in [0.29, 0.717) is 22.0 Å². The third kappa shape index (κ3) is 3.61. The highest BCUT2D eigenvalue weighted by molar-refractivity contribution is 7.90. The number of sulfone groups is 1. The fourth-order valence-corrected chi connectivity index (χ4v) is 3.66. The minimum atomic E-state index is -3.58. The first-order chi connectivity index (χ1) is 9.83. The Bertz CT molecular complexity index is 776. The highest BCUT2D eigenvalue weighted by Gasteiger charge is 2.19. The second kappa shape index (κ2) is 6.13. The molecule has 0 spiro atoms. The average Bonchev–Trinajstić information content (AvgIpc) is 2.41. The molecule has 0 fully saturated rings. The van der Waals surface area contributed by atoms with E-state index < -0.39 is 9.84 Å². The lowest BCUT2D eigenvalue weighted by Gasteiger charge is -2.10. The number of nitrogen functional groups attached to an aromatic ring is 1. The lowest BCUT2D eigenvalue weighted by atomic mass is 10.2. The standard InChI is InChI=1S/C14H13Cl2NO3S/c1-20-14-5-2-10(15)6-9(14)8-21(18,19)11-3-4-13(17)12(16)7-11/h2-7H,8,17H2,1H3. The predicted molar refractivity (Wildman–Crippen MR) is 84.8 cm³/mol. The van der Waals surface area contributed by atoms with Crippen molar-refractivity contribution in [3.8, 4) is 5.75 Å². The monoisotopic (exact) mass is 345 g/mol. The third-order valence-electron chi connectivity index (χ3n) is 2.92. The maximum Gasteiger partial charge on any atom is 0.182 e. The first-order valence-electron chi connectivity index (χ1n) is 5.93. The maximum absolute atomic E-state index is 12.4. The van der Waals surface area contributed by atoms with E-state index in [-0.39, 0.29) is 15.7 Å². The molecule has 0 radical (unpaired) electrons. The van der Waals surface area contributed by atoms with Crippen molar-refractivity contribution in [3.63, 3.8) is 0 Å². The maximum atomic E-state index is 12.4. The van der Waals surface area contributed by atoms with Crippen LogP contribution in [0.15, 0.2) is 41.3 Å². The lowest BCUT2D eigenvalue weighted by molar-refractivity contribution is 0.411. The van der Waals surface area contributed by atoms with Crippen LogP contribution in [0.5, 0.6) is 5.75 Å². The van der Waals surface area contributed by atoms with Crippen LogP contribution in [-0.2, 0) is 15.6 Å². The zero-order chi connectivity index (χ0) is 15.6. The van der Waals surface area contributed by atoms with E-state index in [1.165, 1.54) is 25.3 Å². The van der Waals surface area contributed by atoms with E-state index >= 15 is 0 Å². The van der Waals surface area contributed by atoms with Gasteiger partial charge in [0.1, 0.15) is 5.75 Å². The van der Waals surface area contributed by atoms with Gasteiger partial charge in [-0.15, -0.1) is 0 Å². The van der Waals surface area contributed by atoms with Crippen LogP contribution in [0, 0.1) is 0 Å². The summed E-state index contributed by atoms with van der Waals surface area (Å²) in [6.45, 7) is 0. The van der Waals surface area contributed by atoms with Gasteiger partial charge in [-0.25, -0.2) is 8.42 Å². The fourth-order valence-electron chi connectivity index (χ4n) is 1.85. The number of anilines is 1. The molecule has 0 atom stereocenters. The smallest absolute Gasteiger partial charge is 0.182 e. The zero-order valence-electron chi connectivity index (χ0n) is 11.1. The summed E-state index contributed by atoms with van der Waals surface area (Å²) in [5.41, 5.74) is 6.40. The molecule has 2 N–H and O–H groups in total. The van der Waals surface area contributed by atoms with Crippen molar-refractivity contribution in [2.45, 2.75) is 10.6 Å².